The third-order valence-corrected chi connectivity index (χ3v) is 3.88. The lowest BCUT2D eigenvalue weighted by atomic mass is 10.1. The van der Waals surface area contributed by atoms with Crippen molar-refractivity contribution in [2.24, 2.45) is 0 Å². The van der Waals surface area contributed by atoms with Crippen molar-refractivity contribution in [1.82, 2.24) is 0 Å². The van der Waals surface area contributed by atoms with Gasteiger partial charge in [-0.05, 0) is 56.2 Å². The molecule has 0 unspecified atom stereocenters. The molecule has 1 aliphatic heterocycles. The van der Waals surface area contributed by atoms with Gasteiger partial charge in [0.2, 0.25) is 5.91 Å². The number of nitrogens with one attached hydrogen (secondary N) is 1. The van der Waals surface area contributed by atoms with Crippen LogP contribution in [-0.2, 0) is 11.2 Å². The normalized spacial score (nSPS) is 13.1. The molecule has 2 aromatic rings. The second-order valence-corrected chi connectivity index (χ2v) is 6.05. The Balaban J connectivity index is 1.84. The number of ether oxygens (including phenoxy) is 1. The first-order chi connectivity index (χ1) is 11.0. The van der Waals surface area contributed by atoms with E-state index in [4.69, 9.17) is 4.74 Å². The minimum absolute atomic E-state index is 0.0974. The second kappa shape index (κ2) is 6.32. The molecule has 2 aromatic carbocycles. The van der Waals surface area contributed by atoms with E-state index in [0.717, 1.165) is 35.8 Å². The second-order valence-electron chi connectivity index (χ2n) is 6.05. The number of benzene rings is 2. The first kappa shape index (κ1) is 15.4. The molecular weight excluding hydrogens is 288 g/mol. The minimum atomic E-state index is 0.0974. The maximum atomic E-state index is 11.6. The molecule has 0 saturated heterocycles. The van der Waals surface area contributed by atoms with Crippen molar-refractivity contribution in [3.8, 4) is 5.75 Å². The van der Waals surface area contributed by atoms with E-state index in [9.17, 15) is 4.79 Å². The lowest BCUT2D eigenvalue weighted by molar-refractivity contribution is -0.116. The third kappa shape index (κ3) is 3.31. The molecule has 120 valence electrons. The Bertz CT molecular complexity index is 725. The number of hydrogen-bond acceptors (Lipinski definition) is 3. The summed E-state index contributed by atoms with van der Waals surface area (Å²) in [6, 6.07) is 14.1. The van der Waals surface area contributed by atoms with Crippen LogP contribution in [0.5, 0.6) is 5.75 Å². The highest BCUT2D eigenvalue weighted by atomic mass is 16.5. The van der Waals surface area contributed by atoms with E-state index in [1.807, 2.05) is 55.1 Å². The number of anilines is 3. The first-order valence-electron chi connectivity index (χ1n) is 7.98. The summed E-state index contributed by atoms with van der Waals surface area (Å²) in [5.41, 5.74) is 4.18. The summed E-state index contributed by atoms with van der Waals surface area (Å²) >= 11 is 0. The third-order valence-electron chi connectivity index (χ3n) is 3.88. The molecule has 1 aliphatic rings. The lowest BCUT2D eigenvalue weighted by Crippen LogP contribution is -2.25. The van der Waals surface area contributed by atoms with Crippen LogP contribution in [0.15, 0.2) is 42.5 Å². The lowest BCUT2D eigenvalue weighted by Gasteiger charge is -2.17. The summed E-state index contributed by atoms with van der Waals surface area (Å²) in [5.74, 6) is 0.938. The van der Waals surface area contributed by atoms with E-state index in [1.54, 1.807) is 6.92 Å². The molecule has 0 atom stereocenters. The molecule has 23 heavy (non-hydrogen) atoms. The van der Waals surface area contributed by atoms with Crippen LogP contribution in [-0.4, -0.2) is 18.6 Å². The molecule has 1 N–H and O–H groups in total. The average Bonchev–Trinajstić information content (AvgIpc) is 2.92. The SMILES string of the molecule is CC(=O)N1CCc2cc(Nc3ccccc3OC(C)C)ccc21. The Labute approximate surface area is 137 Å². The zero-order valence-corrected chi connectivity index (χ0v) is 13.8. The molecule has 0 aliphatic carbocycles. The maximum Gasteiger partial charge on any atom is 0.223 e. The summed E-state index contributed by atoms with van der Waals surface area (Å²) in [7, 11) is 0. The van der Waals surface area contributed by atoms with E-state index >= 15 is 0 Å². The molecule has 4 heteroatoms. The topological polar surface area (TPSA) is 41.6 Å². The highest BCUT2D eigenvalue weighted by Crippen LogP contribution is 2.33. The van der Waals surface area contributed by atoms with Crippen molar-refractivity contribution in [3.63, 3.8) is 0 Å². The van der Waals surface area contributed by atoms with Crippen LogP contribution in [0.1, 0.15) is 26.3 Å². The molecule has 0 aromatic heterocycles. The van der Waals surface area contributed by atoms with E-state index in [-0.39, 0.29) is 12.0 Å². The van der Waals surface area contributed by atoms with Crippen LogP contribution < -0.4 is 15.0 Å². The quantitative estimate of drug-likeness (QED) is 0.923. The summed E-state index contributed by atoms with van der Waals surface area (Å²) in [6.07, 6.45) is 1.02. The van der Waals surface area contributed by atoms with Gasteiger partial charge in [0.05, 0.1) is 11.8 Å². The van der Waals surface area contributed by atoms with E-state index in [2.05, 4.69) is 11.4 Å². The number of hydrogen-bond donors (Lipinski definition) is 1. The smallest absolute Gasteiger partial charge is 0.223 e. The number of fused-ring (bicyclic) bond motifs is 1. The van der Waals surface area contributed by atoms with Crippen molar-refractivity contribution in [2.75, 3.05) is 16.8 Å². The van der Waals surface area contributed by atoms with E-state index in [0.29, 0.717) is 0 Å². The molecule has 0 bridgehead atoms. The Morgan fingerprint density at radius 3 is 2.74 bits per heavy atom. The van der Waals surface area contributed by atoms with Gasteiger partial charge in [-0.15, -0.1) is 0 Å². The van der Waals surface area contributed by atoms with Gasteiger partial charge in [-0.2, -0.15) is 0 Å². The minimum Gasteiger partial charge on any atom is -0.489 e. The summed E-state index contributed by atoms with van der Waals surface area (Å²) in [4.78, 5) is 13.5. The zero-order valence-electron chi connectivity index (χ0n) is 13.8. The molecule has 1 heterocycles. The summed E-state index contributed by atoms with van der Waals surface area (Å²) in [6.45, 7) is 6.41. The Kier molecular flexibility index (Phi) is 4.24. The van der Waals surface area contributed by atoms with Gasteiger partial charge in [0, 0.05) is 24.8 Å². The summed E-state index contributed by atoms with van der Waals surface area (Å²) in [5, 5.41) is 3.42. The molecule has 1 amide bonds. The molecule has 0 saturated carbocycles. The van der Waals surface area contributed by atoms with Crippen molar-refractivity contribution >= 4 is 23.0 Å². The fraction of sp³-hybridized carbons (Fsp3) is 0.316. The number of nitrogens with zero attached hydrogens (tertiary/aromatic N) is 1. The largest absolute Gasteiger partial charge is 0.489 e. The fourth-order valence-electron chi connectivity index (χ4n) is 2.89. The van der Waals surface area contributed by atoms with E-state index in [1.165, 1.54) is 5.56 Å². The monoisotopic (exact) mass is 310 g/mol. The van der Waals surface area contributed by atoms with Crippen LogP contribution in [0.4, 0.5) is 17.1 Å². The number of carbonyl (C=O) groups excluding carboxylic acids is 1. The van der Waals surface area contributed by atoms with Crippen molar-refractivity contribution < 1.29 is 9.53 Å². The predicted molar refractivity (Wildman–Crippen MR) is 93.7 cm³/mol. The van der Waals surface area contributed by atoms with E-state index < -0.39 is 0 Å². The fourth-order valence-corrected chi connectivity index (χ4v) is 2.89. The van der Waals surface area contributed by atoms with Gasteiger partial charge in [-0.25, -0.2) is 0 Å². The van der Waals surface area contributed by atoms with Gasteiger partial charge in [0.25, 0.3) is 0 Å². The highest BCUT2D eigenvalue weighted by molar-refractivity contribution is 5.94. The van der Waals surface area contributed by atoms with Gasteiger partial charge < -0.3 is 15.0 Å². The average molecular weight is 310 g/mol. The predicted octanol–water partition coefficient (Wildman–Crippen LogP) is 4.13. The highest BCUT2D eigenvalue weighted by Gasteiger charge is 2.22. The zero-order chi connectivity index (χ0) is 16.4. The van der Waals surface area contributed by atoms with Crippen LogP contribution in [0.25, 0.3) is 0 Å². The van der Waals surface area contributed by atoms with Gasteiger partial charge in [0.1, 0.15) is 5.75 Å². The van der Waals surface area contributed by atoms with Crippen molar-refractivity contribution in [3.05, 3.63) is 48.0 Å². The van der Waals surface area contributed by atoms with Crippen LogP contribution >= 0.6 is 0 Å². The van der Waals surface area contributed by atoms with Gasteiger partial charge in [0.15, 0.2) is 0 Å². The van der Waals surface area contributed by atoms with Crippen molar-refractivity contribution in [2.45, 2.75) is 33.3 Å². The van der Waals surface area contributed by atoms with Gasteiger partial charge in [-0.3, -0.25) is 4.79 Å². The molecule has 0 spiro atoms. The molecule has 0 radical (unpaired) electrons. The van der Waals surface area contributed by atoms with Crippen LogP contribution in [0.2, 0.25) is 0 Å². The maximum absolute atomic E-state index is 11.6. The number of carbonyl (C=O) groups is 1. The molecule has 3 rings (SSSR count). The van der Waals surface area contributed by atoms with Crippen LogP contribution in [0, 0.1) is 0 Å². The summed E-state index contributed by atoms with van der Waals surface area (Å²) < 4.78 is 5.84. The molecular formula is C19H22N2O2. The Morgan fingerprint density at radius 2 is 2.00 bits per heavy atom. The van der Waals surface area contributed by atoms with Gasteiger partial charge >= 0.3 is 0 Å². The number of rotatable bonds is 4. The standard InChI is InChI=1S/C19H22N2O2/c1-13(2)23-19-7-5-4-6-17(19)20-16-8-9-18-15(12-16)10-11-21(18)14(3)22/h4-9,12-13,20H,10-11H2,1-3H3. The first-order valence-corrected chi connectivity index (χ1v) is 7.98. The van der Waals surface area contributed by atoms with Crippen molar-refractivity contribution in [1.29, 1.82) is 0 Å². The van der Waals surface area contributed by atoms with Crippen LogP contribution in [0.3, 0.4) is 0 Å². The Morgan fingerprint density at radius 1 is 1.22 bits per heavy atom. The Hall–Kier alpha value is -2.49. The van der Waals surface area contributed by atoms with Gasteiger partial charge in [-0.1, -0.05) is 12.1 Å². The number of amides is 1. The molecule has 0 fully saturated rings. The molecule has 4 nitrogen and oxygen atoms in total. The number of para-hydroxylation sites is 2.